The Morgan fingerprint density at radius 3 is 2.65 bits per heavy atom. The van der Waals surface area contributed by atoms with Gasteiger partial charge >= 0.3 is 0 Å². The molecule has 106 valence electrons. The van der Waals surface area contributed by atoms with Crippen molar-refractivity contribution >= 4 is 21.7 Å². The molecule has 1 aromatic carbocycles. The lowest BCUT2D eigenvalue weighted by Crippen LogP contribution is -2.13. The minimum atomic E-state index is 0.817. The zero-order chi connectivity index (χ0) is 14.4. The molecule has 0 spiro atoms. The second kappa shape index (κ2) is 7.36. The summed E-state index contributed by atoms with van der Waals surface area (Å²) in [6.07, 6.45) is 1.06. The molecule has 0 aliphatic rings. The van der Waals surface area contributed by atoms with Crippen molar-refractivity contribution in [2.75, 3.05) is 25.5 Å². The first-order valence-electron chi connectivity index (χ1n) is 6.69. The van der Waals surface area contributed by atoms with E-state index >= 15 is 0 Å². The van der Waals surface area contributed by atoms with Crippen LogP contribution in [0.2, 0.25) is 0 Å². The molecule has 20 heavy (non-hydrogen) atoms. The molecular weight excluding hydrogens is 316 g/mol. The van der Waals surface area contributed by atoms with Crippen molar-refractivity contribution in [3.63, 3.8) is 0 Å². The first-order valence-corrected chi connectivity index (χ1v) is 7.49. The highest BCUT2D eigenvalue weighted by Gasteiger charge is 2.05. The van der Waals surface area contributed by atoms with E-state index in [0.717, 1.165) is 41.1 Å². The quantitative estimate of drug-likeness (QED) is 0.796. The topological polar surface area (TPSA) is 49.8 Å². The summed E-state index contributed by atoms with van der Waals surface area (Å²) in [5.74, 6) is 0.817. The maximum atomic E-state index is 4.30. The Balaban J connectivity index is 2.06. The van der Waals surface area contributed by atoms with E-state index in [1.807, 2.05) is 25.2 Å². The number of nitrogens with zero attached hydrogens (tertiary/aromatic N) is 2. The minimum absolute atomic E-state index is 0.817. The van der Waals surface area contributed by atoms with Crippen LogP contribution in [0.25, 0.3) is 11.3 Å². The molecule has 0 radical (unpaired) electrons. The van der Waals surface area contributed by atoms with Crippen molar-refractivity contribution in [3.8, 4) is 11.3 Å². The van der Waals surface area contributed by atoms with Gasteiger partial charge in [-0.2, -0.15) is 0 Å². The molecule has 0 unspecified atom stereocenters. The van der Waals surface area contributed by atoms with E-state index in [-0.39, 0.29) is 0 Å². The number of hydrogen-bond acceptors (Lipinski definition) is 4. The molecule has 0 amide bonds. The van der Waals surface area contributed by atoms with Gasteiger partial charge in [-0.3, -0.25) is 0 Å². The summed E-state index contributed by atoms with van der Waals surface area (Å²) in [6, 6.07) is 10.2. The van der Waals surface area contributed by atoms with Crippen molar-refractivity contribution in [3.05, 3.63) is 40.4 Å². The van der Waals surface area contributed by atoms with Crippen LogP contribution in [-0.2, 0) is 0 Å². The molecule has 0 bridgehead atoms. The van der Waals surface area contributed by atoms with Gasteiger partial charge in [-0.25, -0.2) is 0 Å². The summed E-state index contributed by atoms with van der Waals surface area (Å²) in [5.41, 5.74) is 3.19. The number of aromatic nitrogens is 2. The molecule has 1 aromatic heterocycles. The van der Waals surface area contributed by atoms with Crippen molar-refractivity contribution in [1.29, 1.82) is 0 Å². The Bertz CT molecular complexity index is 554. The van der Waals surface area contributed by atoms with Gasteiger partial charge in [0.2, 0.25) is 0 Å². The van der Waals surface area contributed by atoms with Crippen LogP contribution in [-0.4, -0.2) is 30.3 Å². The zero-order valence-corrected chi connectivity index (χ0v) is 13.4. The number of anilines is 1. The van der Waals surface area contributed by atoms with Crippen LogP contribution >= 0.6 is 15.9 Å². The molecule has 0 saturated heterocycles. The highest BCUT2D eigenvalue weighted by molar-refractivity contribution is 9.10. The Morgan fingerprint density at radius 2 is 1.95 bits per heavy atom. The third-order valence-corrected chi connectivity index (χ3v) is 3.54. The third-order valence-electron chi connectivity index (χ3n) is 3.05. The first kappa shape index (κ1) is 14.9. The largest absolute Gasteiger partial charge is 0.369 e. The second-order valence-corrected chi connectivity index (χ2v) is 5.56. The summed E-state index contributed by atoms with van der Waals surface area (Å²) in [4.78, 5) is 0. The highest BCUT2D eigenvalue weighted by Crippen LogP contribution is 2.25. The average molecular weight is 335 g/mol. The molecule has 0 aliphatic heterocycles. The lowest BCUT2D eigenvalue weighted by Gasteiger charge is -2.07. The van der Waals surface area contributed by atoms with Gasteiger partial charge in [0, 0.05) is 16.6 Å². The van der Waals surface area contributed by atoms with Gasteiger partial charge in [0.1, 0.15) is 5.82 Å². The lowest BCUT2D eigenvalue weighted by molar-refractivity contribution is 0.746. The number of benzene rings is 1. The molecular formula is C15H19BrN4. The molecule has 0 fully saturated rings. The summed E-state index contributed by atoms with van der Waals surface area (Å²) >= 11 is 3.49. The molecule has 0 saturated carbocycles. The van der Waals surface area contributed by atoms with Gasteiger partial charge in [0.05, 0.1) is 5.69 Å². The van der Waals surface area contributed by atoms with Crippen LogP contribution in [0.3, 0.4) is 0 Å². The third kappa shape index (κ3) is 4.02. The van der Waals surface area contributed by atoms with Gasteiger partial charge in [-0.15, -0.1) is 10.2 Å². The van der Waals surface area contributed by atoms with E-state index in [0.29, 0.717) is 0 Å². The Kier molecular flexibility index (Phi) is 5.49. The maximum Gasteiger partial charge on any atom is 0.148 e. The van der Waals surface area contributed by atoms with E-state index < -0.39 is 0 Å². The van der Waals surface area contributed by atoms with Gasteiger partial charge < -0.3 is 10.6 Å². The number of aryl methyl sites for hydroxylation is 1. The number of nitrogens with one attached hydrogen (secondary N) is 2. The fourth-order valence-corrected chi connectivity index (χ4v) is 2.28. The van der Waals surface area contributed by atoms with E-state index in [1.165, 1.54) is 5.56 Å². The molecule has 5 heteroatoms. The molecule has 1 heterocycles. The van der Waals surface area contributed by atoms with Crippen LogP contribution in [0.15, 0.2) is 34.8 Å². The predicted molar refractivity (Wildman–Crippen MR) is 86.9 cm³/mol. The Labute approximate surface area is 128 Å². The SMILES string of the molecule is CNCCCNc1ccc(-c2cc(Br)ccc2C)nn1. The summed E-state index contributed by atoms with van der Waals surface area (Å²) < 4.78 is 1.05. The normalized spacial score (nSPS) is 10.6. The first-order chi connectivity index (χ1) is 9.70. The second-order valence-electron chi connectivity index (χ2n) is 4.65. The van der Waals surface area contributed by atoms with Crippen LogP contribution in [0, 0.1) is 6.92 Å². The number of rotatable bonds is 6. The van der Waals surface area contributed by atoms with Crippen LogP contribution in [0.5, 0.6) is 0 Å². The monoisotopic (exact) mass is 334 g/mol. The van der Waals surface area contributed by atoms with Crippen molar-refractivity contribution in [1.82, 2.24) is 15.5 Å². The zero-order valence-electron chi connectivity index (χ0n) is 11.8. The van der Waals surface area contributed by atoms with Crippen LogP contribution in [0.4, 0.5) is 5.82 Å². The van der Waals surface area contributed by atoms with Crippen molar-refractivity contribution in [2.45, 2.75) is 13.3 Å². The molecule has 4 nitrogen and oxygen atoms in total. The summed E-state index contributed by atoms with van der Waals surface area (Å²) in [5, 5.41) is 14.9. The van der Waals surface area contributed by atoms with Crippen molar-refractivity contribution in [2.24, 2.45) is 0 Å². The maximum absolute atomic E-state index is 4.30. The molecule has 2 rings (SSSR count). The minimum Gasteiger partial charge on any atom is -0.369 e. The van der Waals surface area contributed by atoms with Gasteiger partial charge in [-0.05, 0) is 56.8 Å². The van der Waals surface area contributed by atoms with E-state index in [4.69, 9.17) is 0 Å². The number of hydrogen-bond donors (Lipinski definition) is 2. The van der Waals surface area contributed by atoms with Crippen molar-refractivity contribution < 1.29 is 0 Å². The van der Waals surface area contributed by atoms with Gasteiger partial charge in [0.15, 0.2) is 0 Å². The summed E-state index contributed by atoms with van der Waals surface area (Å²) in [7, 11) is 1.95. The molecule has 0 atom stereocenters. The van der Waals surface area contributed by atoms with Gasteiger partial charge in [-0.1, -0.05) is 22.0 Å². The van der Waals surface area contributed by atoms with E-state index in [9.17, 15) is 0 Å². The van der Waals surface area contributed by atoms with E-state index in [2.05, 4.69) is 55.8 Å². The fourth-order valence-electron chi connectivity index (χ4n) is 1.92. The lowest BCUT2D eigenvalue weighted by atomic mass is 10.1. The smallest absolute Gasteiger partial charge is 0.148 e. The van der Waals surface area contributed by atoms with Gasteiger partial charge in [0.25, 0.3) is 0 Å². The van der Waals surface area contributed by atoms with Crippen LogP contribution in [0.1, 0.15) is 12.0 Å². The Morgan fingerprint density at radius 1 is 1.10 bits per heavy atom. The molecule has 2 N–H and O–H groups in total. The standard InChI is InChI=1S/C15H19BrN4/c1-11-4-5-12(16)10-13(11)14-6-7-15(20-19-14)18-9-3-8-17-2/h4-7,10,17H,3,8-9H2,1-2H3,(H,18,20). The molecule has 2 aromatic rings. The van der Waals surface area contributed by atoms with Crippen LogP contribution < -0.4 is 10.6 Å². The summed E-state index contributed by atoms with van der Waals surface area (Å²) in [6.45, 7) is 3.97. The van der Waals surface area contributed by atoms with E-state index in [1.54, 1.807) is 0 Å². The number of halogens is 1. The fraction of sp³-hybridized carbons (Fsp3) is 0.333. The Hall–Kier alpha value is -1.46. The average Bonchev–Trinajstić information content (AvgIpc) is 2.47. The molecule has 0 aliphatic carbocycles. The predicted octanol–water partition coefficient (Wildman–Crippen LogP) is 3.24. The highest BCUT2D eigenvalue weighted by atomic mass is 79.9.